The van der Waals surface area contributed by atoms with Crippen LogP contribution in [0.2, 0.25) is 0 Å². The summed E-state index contributed by atoms with van der Waals surface area (Å²) in [5.74, 6) is -1.42. The molecule has 0 aliphatic heterocycles. The first-order valence-corrected chi connectivity index (χ1v) is 5.95. The SMILES string of the molecule is CCOCCCN(CC(F)(F)F)C(=O)c1nc(N)n[nH]1. The Hall–Kier alpha value is -1.84. The molecule has 1 aromatic heterocycles. The number of carbonyl (C=O) groups is 1. The van der Waals surface area contributed by atoms with Crippen LogP contribution in [0.5, 0.6) is 0 Å². The van der Waals surface area contributed by atoms with Gasteiger partial charge in [-0.2, -0.15) is 18.2 Å². The third kappa shape index (κ3) is 5.43. The van der Waals surface area contributed by atoms with Gasteiger partial charge >= 0.3 is 6.18 Å². The molecule has 0 radical (unpaired) electrons. The summed E-state index contributed by atoms with van der Waals surface area (Å²) in [5, 5.41) is 5.61. The van der Waals surface area contributed by atoms with E-state index in [0.717, 1.165) is 0 Å². The molecule has 20 heavy (non-hydrogen) atoms. The number of H-pyrrole nitrogens is 1. The van der Waals surface area contributed by atoms with Gasteiger partial charge in [0.1, 0.15) is 6.54 Å². The zero-order valence-corrected chi connectivity index (χ0v) is 10.9. The Bertz CT molecular complexity index is 435. The molecule has 1 rings (SSSR count). The zero-order chi connectivity index (χ0) is 15.2. The van der Waals surface area contributed by atoms with Crippen molar-refractivity contribution >= 4 is 11.9 Å². The standard InChI is InChI=1S/C10H16F3N5O2/c1-2-20-5-3-4-18(6-10(11,12)13)8(19)7-15-9(14)17-16-7/h2-6H2,1H3,(H3,14,15,16,17). The number of nitrogens with one attached hydrogen (secondary N) is 1. The van der Waals surface area contributed by atoms with Crippen LogP contribution in [0, 0.1) is 0 Å². The number of nitrogens with zero attached hydrogens (tertiary/aromatic N) is 3. The lowest BCUT2D eigenvalue weighted by atomic mass is 10.3. The maximum atomic E-state index is 12.5. The van der Waals surface area contributed by atoms with Crippen LogP contribution in [0.25, 0.3) is 0 Å². The van der Waals surface area contributed by atoms with Gasteiger partial charge in [-0.1, -0.05) is 0 Å². The van der Waals surface area contributed by atoms with E-state index in [1.165, 1.54) is 0 Å². The van der Waals surface area contributed by atoms with Crippen LogP contribution >= 0.6 is 0 Å². The molecule has 0 bridgehead atoms. The molecule has 0 aromatic carbocycles. The smallest absolute Gasteiger partial charge is 0.382 e. The highest BCUT2D eigenvalue weighted by Gasteiger charge is 2.34. The first-order chi connectivity index (χ1) is 9.33. The minimum atomic E-state index is -4.49. The summed E-state index contributed by atoms with van der Waals surface area (Å²) >= 11 is 0. The van der Waals surface area contributed by atoms with Crippen LogP contribution in [-0.2, 0) is 4.74 Å². The molecule has 0 fully saturated rings. The summed E-state index contributed by atoms with van der Waals surface area (Å²) in [5.41, 5.74) is 5.22. The molecule has 0 aliphatic carbocycles. The number of carbonyl (C=O) groups excluding carboxylic acids is 1. The van der Waals surface area contributed by atoms with Crippen molar-refractivity contribution in [1.29, 1.82) is 0 Å². The van der Waals surface area contributed by atoms with Crippen molar-refractivity contribution in [3.05, 3.63) is 5.82 Å². The van der Waals surface area contributed by atoms with Gasteiger partial charge in [0.05, 0.1) is 0 Å². The lowest BCUT2D eigenvalue weighted by Crippen LogP contribution is -2.40. The van der Waals surface area contributed by atoms with Crippen molar-refractivity contribution in [3.63, 3.8) is 0 Å². The highest BCUT2D eigenvalue weighted by molar-refractivity contribution is 5.90. The lowest BCUT2D eigenvalue weighted by Gasteiger charge is -2.22. The summed E-state index contributed by atoms with van der Waals surface area (Å²) < 4.78 is 42.4. The monoisotopic (exact) mass is 295 g/mol. The van der Waals surface area contributed by atoms with Crippen LogP contribution < -0.4 is 5.73 Å². The Labute approximate surface area is 113 Å². The molecule has 114 valence electrons. The van der Waals surface area contributed by atoms with Crippen LogP contribution in [0.1, 0.15) is 24.0 Å². The van der Waals surface area contributed by atoms with Gasteiger partial charge in [0.15, 0.2) is 0 Å². The number of anilines is 1. The van der Waals surface area contributed by atoms with Gasteiger partial charge in [-0.05, 0) is 13.3 Å². The molecule has 3 N–H and O–H groups in total. The number of hydrogen-bond acceptors (Lipinski definition) is 5. The molecule has 0 saturated carbocycles. The molecule has 1 heterocycles. The van der Waals surface area contributed by atoms with E-state index in [9.17, 15) is 18.0 Å². The summed E-state index contributed by atoms with van der Waals surface area (Å²) in [6, 6.07) is 0. The number of alkyl halides is 3. The predicted molar refractivity (Wildman–Crippen MR) is 63.9 cm³/mol. The average Bonchev–Trinajstić information content (AvgIpc) is 2.77. The molecular formula is C10H16F3N5O2. The van der Waals surface area contributed by atoms with Crippen molar-refractivity contribution in [2.24, 2.45) is 0 Å². The van der Waals surface area contributed by atoms with E-state index in [1.54, 1.807) is 6.92 Å². The summed E-state index contributed by atoms with van der Waals surface area (Å²) in [6.07, 6.45) is -4.20. The third-order valence-corrected chi connectivity index (χ3v) is 2.28. The van der Waals surface area contributed by atoms with E-state index in [1.807, 2.05) is 0 Å². The van der Waals surface area contributed by atoms with Gasteiger partial charge in [0, 0.05) is 19.8 Å². The molecule has 0 aliphatic rings. The average molecular weight is 295 g/mol. The number of rotatable bonds is 7. The quantitative estimate of drug-likeness (QED) is 0.726. The van der Waals surface area contributed by atoms with E-state index in [-0.39, 0.29) is 24.9 Å². The normalized spacial score (nSPS) is 11.6. The van der Waals surface area contributed by atoms with Crippen molar-refractivity contribution < 1.29 is 22.7 Å². The second kappa shape index (κ2) is 7.08. The first kappa shape index (κ1) is 16.2. The maximum absolute atomic E-state index is 12.5. The predicted octanol–water partition coefficient (Wildman–Crippen LogP) is 0.818. The summed E-state index contributed by atoms with van der Waals surface area (Å²) in [4.78, 5) is 16.1. The Morgan fingerprint density at radius 1 is 1.50 bits per heavy atom. The van der Waals surface area contributed by atoms with E-state index in [4.69, 9.17) is 10.5 Å². The van der Waals surface area contributed by atoms with Gasteiger partial charge in [0.25, 0.3) is 5.91 Å². The van der Waals surface area contributed by atoms with Gasteiger partial charge in [-0.25, -0.2) is 0 Å². The number of aromatic nitrogens is 3. The van der Waals surface area contributed by atoms with E-state index >= 15 is 0 Å². The summed E-state index contributed by atoms with van der Waals surface area (Å²) in [6.45, 7) is 1.05. The fourth-order valence-electron chi connectivity index (χ4n) is 1.49. The van der Waals surface area contributed by atoms with Crippen molar-refractivity contribution in [2.45, 2.75) is 19.5 Å². The van der Waals surface area contributed by atoms with Gasteiger partial charge in [-0.3, -0.25) is 9.89 Å². The van der Waals surface area contributed by atoms with Crippen molar-refractivity contribution in [1.82, 2.24) is 20.1 Å². The minimum Gasteiger partial charge on any atom is -0.382 e. The van der Waals surface area contributed by atoms with E-state index in [2.05, 4.69) is 15.2 Å². The molecule has 0 saturated heterocycles. The number of hydrogen-bond donors (Lipinski definition) is 2. The van der Waals surface area contributed by atoms with Crippen LogP contribution in [0.3, 0.4) is 0 Å². The number of ether oxygens (including phenoxy) is 1. The number of aromatic amines is 1. The second-order valence-corrected chi connectivity index (χ2v) is 3.93. The highest BCUT2D eigenvalue weighted by Crippen LogP contribution is 2.17. The zero-order valence-electron chi connectivity index (χ0n) is 10.9. The van der Waals surface area contributed by atoms with Crippen LogP contribution in [-0.4, -0.2) is 58.5 Å². The molecule has 0 atom stereocenters. The molecular weight excluding hydrogens is 279 g/mol. The Morgan fingerprint density at radius 2 is 2.20 bits per heavy atom. The fourth-order valence-corrected chi connectivity index (χ4v) is 1.49. The molecule has 0 spiro atoms. The topological polar surface area (TPSA) is 97.1 Å². The maximum Gasteiger partial charge on any atom is 0.406 e. The third-order valence-electron chi connectivity index (χ3n) is 2.28. The molecule has 1 aromatic rings. The van der Waals surface area contributed by atoms with Crippen molar-refractivity contribution in [2.75, 3.05) is 32.0 Å². The molecule has 10 heteroatoms. The van der Waals surface area contributed by atoms with Crippen LogP contribution in [0.4, 0.5) is 19.1 Å². The lowest BCUT2D eigenvalue weighted by molar-refractivity contribution is -0.141. The Balaban J connectivity index is 2.68. The minimum absolute atomic E-state index is 0.0983. The Kier molecular flexibility index (Phi) is 5.74. The number of nitrogen functional groups attached to an aromatic ring is 1. The fraction of sp³-hybridized carbons (Fsp3) is 0.700. The van der Waals surface area contributed by atoms with E-state index < -0.39 is 18.6 Å². The number of amides is 1. The summed E-state index contributed by atoms with van der Waals surface area (Å²) in [7, 11) is 0. The van der Waals surface area contributed by atoms with Gasteiger partial charge < -0.3 is 15.4 Å². The van der Waals surface area contributed by atoms with Gasteiger partial charge in [0.2, 0.25) is 11.8 Å². The number of halogens is 3. The van der Waals surface area contributed by atoms with Gasteiger partial charge in [-0.15, -0.1) is 5.10 Å². The molecule has 0 unspecified atom stereocenters. The highest BCUT2D eigenvalue weighted by atomic mass is 19.4. The molecule has 1 amide bonds. The second-order valence-electron chi connectivity index (χ2n) is 3.93. The van der Waals surface area contributed by atoms with Crippen molar-refractivity contribution in [3.8, 4) is 0 Å². The van der Waals surface area contributed by atoms with E-state index in [0.29, 0.717) is 17.9 Å². The number of nitrogens with two attached hydrogens (primary N) is 1. The largest absolute Gasteiger partial charge is 0.406 e. The molecule has 7 nitrogen and oxygen atoms in total. The first-order valence-electron chi connectivity index (χ1n) is 5.95. The Morgan fingerprint density at radius 3 is 2.70 bits per heavy atom. The van der Waals surface area contributed by atoms with Crippen LogP contribution in [0.15, 0.2) is 0 Å².